The number of benzene rings is 3. The highest BCUT2D eigenvalue weighted by molar-refractivity contribution is 5.92. The maximum Gasteiger partial charge on any atom is 0.416 e. The molecule has 1 saturated heterocycles. The molecule has 248 valence electrons. The smallest absolute Gasteiger partial charge is 0.416 e. The maximum absolute atomic E-state index is 14.0. The van der Waals surface area contributed by atoms with Crippen LogP contribution in [0, 0.1) is 5.92 Å². The van der Waals surface area contributed by atoms with Gasteiger partial charge in [0.1, 0.15) is 6.10 Å². The first kappa shape index (κ1) is 31.8. The highest BCUT2D eigenvalue weighted by Gasteiger charge is 2.73. The quantitative estimate of drug-likeness (QED) is 0.278. The van der Waals surface area contributed by atoms with E-state index in [0.717, 1.165) is 42.8 Å². The van der Waals surface area contributed by atoms with Crippen LogP contribution in [-0.2, 0) is 29.2 Å². The standard InChI is InChI=1S/C38H41F3N2O4/c1-24(2)23-43(32(45)15-10-26-8-12-28(13-9-26)38(39,40)41)29-16-18-37(46)31-22-27-11-14-30(44)34-33(27)36(37,35(29)47-34)19-21-42(31)20-17-25-6-4-3-5-7-25/h3-15,24,29,31,35,44,46H,16-23H2,1-2H3/t29-,31+,35-,36-,37+/m0/s1. The Kier molecular flexibility index (Phi) is 7.91. The second kappa shape index (κ2) is 11.7. The Hall–Kier alpha value is -3.82. The van der Waals surface area contributed by atoms with E-state index in [-0.39, 0.29) is 29.7 Å². The van der Waals surface area contributed by atoms with E-state index in [2.05, 4.69) is 17.0 Å². The SMILES string of the molecule is CC(C)CN(C(=O)C=Cc1ccc(C(F)(F)F)cc1)[C@H]1CC[C@@]2(O)[C@H]3Cc4ccc(O)c5c4[C@@]2(CCN3CCc2ccccc2)[C@H]1O5. The molecule has 9 heteroatoms. The number of hydrogen-bond acceptors (Lipinski definition) is 5. The Balaban J connectivity index is 1.21. The average molecular weight is 647 g/mol. The van der Waals surface area contributed by atoms with Crippen molar-refractivity contribution in [3.63, 3.8) is 0 Å². The molecular weight excluding hydrogens is 605 g/mol. The summed E-state index contributed by atoms with van der Waals surface area (Å²) in [4.78, 5) is 18.2. The van der Waals surface area contributed by atoms with E-state index in [9.17, 15) is 28.2 Å². The molecule has 1 amide bonds. The van der Waals surface area contributed by atoms with E-state index in [4.69, 9.17) is 4.74 Å². The van der Waals surface area contributed by atoms with Gasteiger partial charge in [-0.05, 0) is 85.5 Å². The number of aliphatic hydroxyl groups is 1. The second-order valence-electron chi connectivity index (χ2n) is 14.1. The number of halogens is 3. The van der Waals surface area contributed by atoms with Crippen molar-refractivity contribution in [1.29, 1.82) is 0 Å². The predicted octanol–water partition coefficient (Wildman–Crippen LogP) is 6.37. The number of rotatable bonds is 8. The summed E-state index contributed by atoms with van der Waals surface area (Å²) in [6.45, 7) is 6.08. The molecule has 3 aromatic rings. The predicted molar refractivity (Wildman–Crippen MR) is 173 cm³/mol. The topological polar surface area (TPSA) is 73.2 Å². The van der Waals surface area contributed by atoms with Gasteiger partial charge < -0.3 is 19.8 Å². The molecule has 2 aliphatic heterocycles. The molecule has 47 heavy (non-hydrogen) atoms. The van der Waals surface area contributed by atoms with Crippen molar-refractivity contribution in [2.24, 2.45) is 5.92 Å². The molecule has 2 fully saturated rings. The first-order valence-corrected chi connectivity index (χ1v) is 16.6. The third-order valence-corrected chi connectivity index (χ3v) is 11.0. The summed E-state index contributed by atoms with van der Waals surface area (Å²) in [6, 6.07) is 18.2. The van der Waals surface area contributed by atoms with Gasteiger partial charge in [-0.15, -0.1) is 0 Å². The van der Waals surface area contributed by atoms with Gasteiger partial charge in [-0.3, -0.25) is 9.69 Å². The van der Waals surface area contributed by atoms with Crippen LogP contribution in [-0.4, -0.2) is 69.3 Å². The minimum Gasteiger partial charge on any atom is -0.504 e. The number of nitrogens with zero attached hydrogens (tertiary/aromatic N) is 2. The van der Waals surface area contributed by atoms with Crippen LogP contribution in [0.25, 0.3) is 6.08 Å². The number of ether oxygens (including phenoxy) is 1. The molecule has 0 unspecified atom stereocenters. The molecule has 3 aromatic carbocycles. The van der Waals surface area contributed by atoms with Gasteiger partial charge in [0.2, 0.25) is 5.91 Å². The van der Waals surface area contributed by atoms with Gasteiger partial charge in [0.15, 0.2) is 11.5 Å². The number of carbonyl (C=O) groups excluding carboxylic acids is 1. The van der Waals surface area contributed by atoms with E-state index in [1.165, 1.54) is 23.8 Å². The van der Waals surface area contributed by atoms with Crippen LogP contribution in [0.4, 0.5) is 13.2 Å². The zero-order chi connectivity index (χ0) is 33.1. The van der Waals surface area contributed by atoms with Crippen molar-refractivity contribution >= 4 is 12.0 Å². The molecule has 0 radical (unpaired) electrons. The zero-order valence-corrected chi connectivity index (χ0v) is 26.7. The molecule has 2 heterocycles. The third-order valence-electron chi connectivity index (χ3n) is 11.0. The first-order chi connectivity index (χ1) is 22.4. The molecule has 5 atom stereocenters. The lowest BCUT2D eigenvalue weighted by atomic mass is 9.48. The van der Waals surface area contributed by atoms with Gasteiger partial charge in [-0.1, -0.05) is 62.4 Å². The Morgan fingerprint density at radius 3 is 2.53 bits per heavy atom. The molecule has 0 aromatic heterocycles. The van der Waals surface area contributed by atoms with Crippen molar-refractivity contribution in [2.75, 3.05) is 19.6 Å². The number of carbonyl (C=O) groups is 1. The van der Waals surface area contributed by atoms with E-state index in [0.29, 0.717) is 43.5 Å². The molecule has 2 aliphatic carbocycles. The lowest BCUT2D eigenvalue weighted by Gasteiger charge is -2.65. The molecule has 4 aliphatic rings. The van der Waals surface area contributed by atoms with Crippen LogP contribution in [0.3, 0.4) is 0 Å². The van der Waals surface area contributed by atoms with Crippen molar-refractivity contribution in [1.82, 2.24) is 9.80 Å². The minimum absolute atomic E-state index is 0.0440. The number of phenolic OH excluding ortho intramolecular Hbond substituents is 1. The van der Waals surface area contributed by atoms with Gasteiger partial charge in [0.25, 0.3) is 0 Å². The van der Waals surface area contributed by atoms with Crippen LogP contribution in [0.5, 0.6) is 11.5 Å². The molecular formula is C38H41F3N2O4. The summed E-state index contributed by atoms with van der Waals surface area (Å²) in [6.07, 6.45) is 1.12. The fourth-order valence-corrected chi connectivity index (χ4v) is 8.94. The Bertz CT molecular complexity index is 1670. The summed E-state index contributed by atoms with van der Waals surface area (Å²) >= 11 is 0. The summed E-state index contributed by atoms with van der Waals surface area (Å²) in [5, 5.41) is 24.0. The molecule has 1 saturated carbocycles. The van der Waals surface area contributed by atoms with Crippen molar-refractivity contribution < 1.29 is 32.9 Å². The van der Waals surface area contributed by atoms with E-state index < -0.39 is 28.9 Å². The number of amides is 1. The van der Waals surface area contributed by atoms with Crippen LogP contribution < -0.4 is 4.74 Å². The van der Waals surface area contributed by atoms with Crippen LogP contribution in [0.2, 0.25) is 0 Å². The van der Waals surface area contributed by atoms with Crippen LogP contribution >= 0.6 is 0 Å². The summed E-state index contributed by atoms with van der Waals surface area (Å²) in [7, 11) is 0. The number of aromatic hydroxyl groups is 1. The van der Waals surface area contributed by atoms with Crippen molar-refractivity contribution in [2.45, 2.75) is 81.3 Å². The first-order valence-electron chi connectivity index (χ1n) is 16.6. The number of alkyl halides is 3. The molecule has 2 bridgehead atoms. The van der Waals surface area contributed by atoms with Gasteiger partial charge in [-0.25, -0.2) is 0 Å². The normalized spacial score (nSPS) is 27.9. The molecule has 6 nitrogen and oxygen atoms in total. The summed E-state index contributed by atoms with van der Waals surface area (Å²) in [5.74, 6) is 0.333. The molecule has 1 spiro atoms. The number of hydrogen-bond donors (Lipinski definition) is 2. The number of likely N-dealkylation sites (tertiary alicyclic amines) is 1. The van der Waals surface area contributed by atoms with Gasteiger partial charge in [-0.2, -0.15) is 13.2 Å². The van der Waals surface area contributed by atoms with E-state index >= 15 is 0 Å². The van der Waals surface area contributed by atoms with Crippen LogP contribution in [0.1, 0.15) is 60.9 Å². The fraction of sp³-hybridized carbons (Fsp3) is 0.447. The average Bonchev–Trinajstić information content (AvgIpc) is 3.40. The summed E-state index contributed by atoms with van der Waals surface area (Å²) < 4.78 is 45.9. The van der Waals surface area contributed by atoms with Crippen LogP contribution in [0.15, 0.2) is 72.8 Å². The van der Waals surface area contributed by atoms with E-state index in [1.807, 2.05) is 43.0 Å². The summed E-state index contributed by atoms with van der Waals surface area (Å²) in [5.41, 5.74) is 1.06. The highest BCUT2D eigenvalue weighted by atomic mass is 19.4. The Morgan fingerprint density at radius 1 is 1.09 bits per heavy atom. The molecule has 2 N–H and O–H groups in total. The molecule has 7 rings (SSSR count). The fourth-order valence-electron chi connectivity index (χ4n) is 8.94. The Morgan fingerprint density at radius 2 is 1.83 bits per heavy atom. The largest absolute Gasteiger partial charge is 0.504 e. The number of phenols is 1. The maximum atomic E-state index is 14.0. The van der Waals surface area contributed by atoms with Crippen molar-refractivity contribution in [3.8, 4) is 11.5 Å². The lowest BCUT2D eigenvalue weighted by Crippen LogP contribution is -2.78. The number of piperidine rings is 1. The van der Waals surface area contributed by atoms with E-state index in [1.54, 1.807) is 12.1 Å². The third kappa shape index (κ3) is 5.22. The minimum atomic E-state index is -4.43. The van der Waals surface area contributed by atoms with Gasteiger partial charge in [0, 0.05) is 30.8 Å². The lowest BCUT2D eigenvalue weighted by molar-refractivity contribution is -0.201. The monoisotopic (exact) mass is 646 g/mol. The van der Waals surface area contributed by atoms with Gasteiger partial charge >= 0.3 is 6.18 Å². The second-order valence-corrected chi connectivity index (χ2v) is 14.1. The van der Waals surface area contributed by atoms with Crippen molar-refractivity contribution in [3.05, 3.63) is 101 Å². The van der Waals surface area contributed by atoms with Gasteiger partial charge in [0.05, 0.1) is 22.6 Å². The highest BCUT2D eigenvalue weighted by Crippen LogP contribution is 2.66. The zero-order valence-electron chi connectivity index (χ0n) is 26.7. The Labute approximate surface area is 273 Å².